The van der Waals surface area contributed by atoms with Crippen molar-refractivity contribution in [3.63, 3.8) is 0 Å². The number of rotatable bonds is 4. The molecule has 35 heavy (non-hydrogen) atoms. The maximum absolute atomic E-state index is 14.7. The molecule has 0 spiro atoms. The summed E-state index contributed by atoms with van der Waals surface area (Å²) >= 11 is 0. The van der Waals surface area contributed by atoms with Gasteiger partial charge < -0.3 is 9.42 Å². The lowest BCUT2D eigenvalue weighted by Crippen LogP contribution is -2.43. The fourth-order valence-corrected chi connectivity index (χ4v) is 6.22. The van der Waals surface area contributed by atoms with Gasteiger partial charge in [-0.3, -0.25) is 0 Å². The number of aromatic nitrogens is 5. The first-order valence-electron chi connectivity index (χ1n) is 12.1. The van der Waals surface area contributed by atoms with Crippen LogP contribution in [-0.2, 0) is 19.1 Å². The first-order valence-corrected chi connectivity index (χ1v) is 12.1. The summed E-state index contributed by atoms with van der Waals surface area (Å²) in [6.45, 7) is 4.21. The molecule has 0 amide bonds. The predicted octanol–water partition coefficient (Wildman–Crippen LogP) is 4.76. The Balaban J connectivity index is 1.21. The van der Waals surface area contributed by atoms with Crippen LogP contribution < -0.4 is 4.90 Å². The fraction of sp³-hybridized carbons (Fsp3) is 0.583. The molecule has 0 radical (unpaired) electrons. The van der Waals surface area contributed by atoms with Crippen LogP contribution in [0.1, 0.15) is 60.2 Å². The molecule has 2 bridgehead atoms. The summed E-state index contributed by atoms with van der Waals surface area (Å²) in [5, 5.41) is 8.64. The van der Waals surface area contributed by atoms with Crippen molar-refractivity contribution in [2.75, 3.05) is 18.0 Å². The van der Waals surface area contributed by atoms with Gasteiger partial charge in [0.25, 0.3) is 0 Å². The Bertz CT molecular complexity index is 1220. The van der Waals surface area contributed by atoms with E-state index in [2.05, 4.69) is 15.0 Å². The summed E-state index contributed by atoms with van der Waals surface area (Å²) in [6.07, 6.45) is -0.162. The lowest BCUT2D eigenvalue weighted by atomic mass is 9.82. The minimum atomic E-state index is -4.57. The van der Waals surface area contributed by atoms with Crippen molar-refractivity contribution in [2.24, 2.45) is 17.8 Å². The standard InChI is InChI=1S/C24H26F4N6O/c1-13-29-23(35-32-13)33-11-14-4-5-15(12-33)19(14)10-21-30-22-18(3-2-8-34(22)31-21)17-7-6-16(9-20(17)25)24(26,27)28/h6-7,9,14-15,18-19H,2-5,8,10-12H2,1H3/t14-,15+,18?,19?. The number of halogens is 4. The first kappa shape index (κ1) is 22.5. The van der Waals surface area contributed by atoms with Gasteiger partial charge in [0.1, 0.15) is 11.6 Å². The van der Waals surface area contributed by atoms with Gasteiger partial charge in [-0.15, -0.1) is 0 Å². The highest BCUT2D eigenvalue weighted by molar-refractivity contribution is 5.33. The van der Waals surface area contributed by atoms with E-state index in [1.54, 1.807) is 0 Å². The predicted molar refractivity (Wildman–Crippen MR) is 117 cm³/mol. The van der Waals surface area contributed by atoms with E-state index in [4.69, 9.17) is 14.6 Å². The van der Waals surface area contributed by atoms with Crippen LogP contribution in [0.2, 0.25) is 0 Å². The summed E-state index contributed by atoms with van der Waals surface area (Å²) in [7, 11) is 0. The van der Waals surface area contributed by atoms with Gasteiger partial charge >= 0.3 is 12.2 Å². The number of fused-ring (bicyclic) bond motifs is 3. The normalized spacial score (nSPS) is 26.3. The van der Waals surface area contributed by atoms with Crippen molar-refractivity contribution in [1.82, 2.24) is 24.9 Å². The van der Waals surface area contributed by atoms with Crippen LogP contribution in [0.5, 0.6) is 0 Å². The van der Waals surface area contributed by atoms with Gasteiger partial charge in [-0.1, -0.05) is 11.2 Å². The molecular formula is C24H26F4N6O. The van der Waals surface area contributed by atoms with Gasteiger partial charge in [-0.2, -0.15) is 23.3 Å². The molecule has 4 heterocycles. The molecule has 3 aliphatic rings. The van der Waals surface area contributed by atoms with Gasteiger partial charge in [0.05, 0.1) is 5.56 Å². The number of nitrogens with zero attached hydrogens (tertiary/aromatic N) is 6. The van der Waals surface area contributed by atoms with E-state index in [1.165, 1.54) is 6.07 Å². The molecule has 186 valence electrons. The Morgan fingerprint density at radius 1 is 1.09 bits per heavy atom. The van der Waals surface area contributed by atoms with Crippen LogP contribution >= 0.6 is 0 Å². The summed E-state index contributed by atoms with van der Waals surface area (Å²) in [6, 6.07) is 3.37. The van der Waals surface area contributed by atoms with Gasteiger partial charge in [0.15, 0.2) is 11.6 Å². The number of anilines is 1. The highest BCUT2D eigenvalue weighted by Gasteiger charge is 2.44. The third kappa shape index (κ3) is 4.08. The molecule has 2 fully saturated rings. The number of hydrogen-bond acceptors (Lipinski definition) is 6. The number of piperidine rings is 1. The quantitative estimate of drug-likeness (QED) is 0.491. The SMILES string of the molecule is Cc1noc(N2C[C@H]3CC[C@@H](C2)C3Cc2nc3n(n2)CCCC3c2ccc(C(F)(F)F)cc2F)n1. The molecule has 1 aliphatic carbocycles. The maximum Gasteiger partial charge on any atom is 0.416 e. The highest BCUT2D eigenvalue weighted by Crippen LogP contribution is 2.44. The molecule has 0 N–H and O–H groups in total. The van der Waals surface area contributed by atoms with E-state index >= 15 is 0 Å². The van der Waals surface area contributed by atoms with Crippen LogP contribution in [0.25, 0.3) is 0 Å². The van der Waals surface area contributed by atoms with Crippen molar-refractivity contribution in [1.29, 1.82) is 0 Å². The van der Waals surface area contributed by atoms with Gasteiger partial charge in [0, 0.05) is 32.0 Å². The number of aryl methyl sites for hydroxylation is 2. The lowest BCUT2D eigenvalue weighted by molar-refractivity contribution is -0.137. The van der Waals surface area contributed by atoms with Crippen molar-refractivity contribution in [2.45, 2.75) is 57.7 Å². The van der Waals surface area contributed by atoms with Crippen LogP contribution in [0.15, 0.2) is 22.7 Å². The van der Waals surface area contributed by atoms with Crippen LogP contribution in [0.3, 0.4) is 0 Å². The van der Waals surface area contributed by atoms with Crippen LogP contribution in [0, 0.1) is 30.5 Å². The molecule has 2 unspecified atom stereocenters. The van der Waals surface area contributed by atoms with Gasteiger partial charge in [-0.25, -0.2) is 14.1 Å². The molecular weight excluding hydrogens is 464 g/mol. The molecule has 7 nitrogen and oxygen atoms in total. The fourth-order valence-electron chi connectivity index (χ4n) is 6.22. The van der Waals surface area contributed by atoms with E-state index in [0.717, 1.165) is 50.7 Å². The van der Waals surface area contributed by atoms with E-state index in [-0.39, 0.29) is 5.56 Å². The Hall–Kier alpha value is -2.98. The van der Waals surface area contributed by atoms with Gasteiger partial charge in [-0.05, 0) is 68.1 Å². The van der Waals surface area contributed by atoms with E-state index in [9.17, 15) is 17.6 Å². The number of hydrogen-bond donors (Lipinski definition) is 0. The average Bonchev–Trinajstić information content (AvgIpc) is 3.48. The molecule has 4 atom stereocenters. The summed E-state index contributed by atoms with van der Waals surface area (Å²) in [5.74, 6) is 2.17. The molecule has 3 aromatic rings. The zero-order chi connectivity index (χ0) is 24.3. The smallest absolute Gasteiger partial charge is 0.324 e. The first-order chi connectivity index (χ1) is 16.8. The molecule has 1 aromatic carbocycles. The van der Waals surface area contributed by atoms with E-state index in [0.29, 0.717) is 54.4 Å². The third-order valence-corrected chi connectivity index (χ3v) is 7.86. The molecule has 11 heteroatoms. The highest BCUT2D eigenvalue weighted by atomic mass is 19.4. The summed E-state index contributed by atoms with van der Waals surface area (Å²) < 4.78 is 60.9. The number of alkyl halides is 3. The van der Waals surface area contributed by atoms with Crippen LogP contribution in [-0.4, -0.2) is 38.0 Å². The lowest BCUT2D eigenvalue weighted by Gasteiger charge is -2.36. The van der Waals surface area contributed by atoms with Crippen molar-refractivity contribution in [3.8, 4) is 0 Å². The second kappa shape index (κ2) is 8.30. The van der Waals surface area contributed by atoms with Crippen LogP contribution in [0.4, 0.5) is 23.6 Å². The average molecular weight is 491 g/mol. The van der Waals surface area contributed by atoms with Crippen molar-refractivity contribution >= 4 is 6.01 Å². The summed E-state index contributed by atoms with van der Waals surface area (Å²) in [4.78, 5) is 11.3. The topological polar surface area (TPSA) is 72.9 Å². The Labute approximate surface area is 199 Å². The second-order valence-electron chi connectivity index (χ2n) is 10.0. The molecule has 2 aliphatic heterocycles. The Morgan fingerprint density at radius 2 is 1.86 bits per heavy atom. The van der Waals surface area contributed by atoms with E-state index in [1.807, 2.05) is 11.6 Å². The monoisotopic (exact) mass is 490 g/mol. The minimum absolute atomic E-state index is 0.251. The zero-order valence-electron chi connectivity index (χ0n) is 19.3. The zero-order valence-corrected chi connectivity index (χ0v) is 19.3. The molecule has 6 rings (SSSR count). The summed E-state index contributed by atoms with van der Waals surface area (Å²) in [5.41, 5.74) is -0.727. The van der Waals surface area contributed by atoms with Gasteiger partial charge in [0.2, 0.25) is 0 Å². The molecule has 1 saturated heterocycles. The van der Waals surface area contributed by atoms with Crippen molar-refractivity contribution < 1.29 is 22.1 Å². The maximum atomic E-state index is 14.7. The Kier molecular flexibility index (Phi) is 5.33. The molecule has 2 aromatic heterocycles. The molecule has 1 saturated carbocycles. The number of benzene rings is 1. The second-order valence-corrected chi connectivity index (χ2v) is 10.0. The van der Waals surface area contributed by atoms with E-state index < -0.39 is 23.5 Å². The largest absolute Gasteiger partial charge is 0.416 e. The minimum Gasteiger partial charge on any atom is -0.324 e. The van der Waals surface area contributed by atoms with Crippen molar-refractivity contribution in [3.05, 3.63) is 52.6 Å². The third-order valence-electron chi connectivity index (χ3n) is 7.86. The Morgan fingerprint density at radius 3 is 2.51 bits per heavy atom.